The van der Waals surface area contributed by atoms with Gasteiger partial charge in [0, 0.05) is 36.1 Å². The Kier molecular flexibility index (Phi) is 10.7. The summed E-state index contributed by atoms with van der Waals surface area (Å²) in [5, 5.41) is 6.01. The largest absolute Gasteiger partial charge is 0.493 e. The molecule has 3 aromatic carbocycles. The molecule has 4 aromatic rings. The number of piperidine rings is 1. The second-order valence-corrected chi connectivity index (χ2v) is 11.8. The van der Waals surface area contributed by atoms with Gasteiger partial charge in [0.25, 0.3) is 5.91 Å². The van der Waals surface area contributed by atoms with Crippen LogP contribution in [0.25, 0.3) is 0 Å². The molecule has 46 heavy (non-hydrogen) atoms. The summed E-state index contributed by atoms with van der Waals surface area (Å²) in [6, 6.07) is 16.1. The number of benzene rings is 3. The van der Waals surface area contributed by atoms with E-state index in [2.05, 4.69) is 39.5 Å². The Labute approximate surface area is 270 Å². The number of aryl methyl sites for hydroxylation is 3. The van der Waals surface area contributed by atoms with Crippen LogP contribution < -0.4 is 24.8 Å². The first-order valence-corrected chi connectivity index (χ1v) is 15.7. The number of nitrogens with one attached hydrogen (secondary N) is 2. The molecule has 0 bridgehead atoms. The van der Waals surface area contributed by atoms with Gasteiger partial charge in [-0.1, -0.05) is 37.6 Å². The zero-order valence-electron chi connectivity index (χ0n) is 27.2. The fourth-order valence-electron chi connectivity index (χ4n) is 5.64. The maximum absolute atomic E-state index is 15.1. The number of nitrogens with zero attached hydrogens (tertiary/aromatic N) is 3. The van der Waals surface area contributed by atoms with Crippen molar-refractivity contribution in [1.82, 2.24) is 14.9 Å². The highest BCUT2D eigenvalue weighted by Gasteiger charge is 2.21. The van der Waals surface area contributed by atoms with Crippen molar-refractivity contribution in [3.05, 3.63) is 88.9 Å². The molecular weight excluding hydrogens is 585 g/mol. The highest BCUT2D eigenvalue weighted by atomic mass is 19.1. The van der Waals surface area contributed by atoms with Crippen LogP contribution in [0, 0.1) is 25.6 Å². The topological polar surface area (TPSA) is 97.8 Å². The Balaban J connectivity index is 1.39. The van der Waals surface area contributed by atoms with E-state index < -0.39 is 11.7 Å². The minimum absolute atomic E-state index is 0.0145. The van der Waals surface area contributed by atoms with Crippen LogP contribution in [-0.2, 0) is 6.42 Å². The Morgan fingerprint density at radius 3 is 2.57 bits per heavy atom. The number of halogens is 1. The van der Waals surface area contributed by atoms with Crippen molar-refractivity contribution in [2.45, 2.75) is 46.5 Å². The van der Waals surface area contributed by atoms with Crippen LogP contribution in [0.4, 0.5) is 21.7 Å². The summed E-state index contributed by atoms with van der Waals surface area (Å²) in [5.41, 5.74) is 4.19. The molecular formula is C36H42FN5O4. The molecule has 10 heteroatoms. The lowest BCUT2D eigenvalue weighted by molar-refractivity contribution is 0.102. The number of amides is 1. The SMILES string of the molecule is CCCc1ccc(Oc2nc(Nc3ccc(OCC4CCCN(C)C4)c(F)c3)ncc2C(=O)Nc2c(C)cccc2C)c(OC)c1. The van der Waals surface area contributed by atoms with Crippen molar-refractivity contribution in [2.24, 2.45) is 5.92 Å². The third-order valence-electron chi connectivity index (χ3n) is 8.08. The summed E-state index contributed by atoms with van der Waals surface area (Å²) < 4.78 is 32.7. The zero-order valence-corrected chi connectivity index (χ0v) is 27.2. The molecule has 0 spiro atoms. The van der Waals surface area contributed by atoms with Gasteiger partial charge in [0.15, 0.2) is 23.1 Å². The molecule has 2 N–H and O–H groups in total. The van der Waals surface area contributed by atoms with E-state index in [0.717, 1.165) is 55.5 Å². The molecule has 1 amide bonds. The van der Waals surface area contributed by atoms with Crippen molar-refractivity contribution in [3.63, 3.8) is 0 Å². The number of aromatic nitrogens is 2. The van der Waals surface area contributed by atoms with Crippen molar-refractivity contribution < 1.29 is 23.4 Å². The van der Waals surface area contributed by atoms with Crippen molar-refractivity contribution in [1.29, 1.82) is 0 Å². The van der Waals surface area contributed by atoms with Gasteiger partial charge in [-0.15, -0.1) is 0 Å². The van der Waals surface area contributed by atoms with Crippen LogP contribution in [0.1, 0.15) is 53.2 Å². The van der Waals surface area contributed by atoms with Gasteiger partial charge < -0.3 is 29.7 Å². The van der Waals surface area contributed by atoms with Gasteiger partial charge in [-0.05, 0) is 87.7 Å². The van der Waals surface area contributed by atoms with E-state index in [1.807, 2.05) is 44.2 Å². The van der Waals surface area contributed by atoms with Gasteiger partial charge in [-0.25, -0.2) is 9.37 Å². The van der Waals surface area contributed by atoms with Gasteiger partial charge in [-0.2, -0.15) is 4.98 Å². The predicted octanol–water partition coefficient (Wildman–Crippen LogP) is 7.70. The number of methoxy groups -OCH3 is 1. The Hall–Kier alpha value is -4.70. The molecule has 1 aliphatic heterocycles. The standard InChI is InChI=1S/C36H42FN5O4/c1-6-9-25-13-15-31(32(18-25)44-5)46-35-28(34(43)40-33-23(2)10-7-11-24(33)3)20-38-36(41-35)39-27-14-16-30(29(37)19-27)45-22-26-12-8-17-42(4)21-26/h7,10-11,13-16,18-20,26H,6,8-9,12,17,21-22H2,1-5H3,(H,40,43)(H,38,39,41). The highest BCUT2D eigenvalue weighted by Crippen LogP contribution is 2.35. The molecule has 1 atom stereocenters. The van der Waals surface area contributed by atoms with Crippen LogP contribution >= 0.6 is 0 Å². The third kappa shape index (κ3) is 8.11. The molecule has 0 radical (unpaired) electrons. The molecule has 9 nitrogen and oxygen atoms in total. The molecule has 0 saturated carbocycles. The normalized spacial score (nSPS) is 14.9. The Morgan fingerprint density at radius 2 is 1.85 bits per heavy atom. The lowest BCUT2D eigenvalue weighted by atomic mass is 10.00. The molecule has 1 saturated heterocycles. The second kappa shape index (κ2) is 15.1. The van der Waals surface area contributed by atoms with Crippen LogP contribution in [0.15, 0.2) is 60.8 Å². The Bertz CT molecular complexity index is 1660. The number of para-hydroxylation sites is 1. The van der Waals surface area contributed by atoms with Crippen LogP contribution in [0.2, 0.25) is 0 Å². The van der Waals surface area contributed by atoms with E-state index in [1.165, 1.54) is 12.3 Å². The lowest BCUT2D eigenvalue weighted by Gasteiger charge is -2.29. The predicted molar refractivity (Wildman–Crippen MR) is 178 cm³/mol. The van der Waals surface area contributed by atoms with Gasteiger partial charge >= 0.3 is 0 Å². The molecule has 0 aliphatic carbocycles. The minimum Gasteiger partial charge on any atom is -0.493 e. The molecule has 1 unspecified atom stereocenters. The summed E-state index contributed by atoms with van der Waals surface area (Å²) in [5.74, 6) is 0.682. The summed E-state index contributed by atoms with van der Waals surface area (Å²) in [7, 11) is 3.66. The number of carbonyl (C=O) groups excluding carboxylic acids is 1. The number of anilines is 3. The number of hydrogen-bond acceptors (Lipinski definition) is 8. The lowest BCUT2D eigenvalue weighted by Crippen LogP contribution is -2.34. The monoisotopic (exact) mass is 627 g/mol. The maximum Gasteiger partial charge on any atom is 0.262 e. The van der Waals surface area contributed by atoms with E-state index in [1.54, 1.807) is 25.3 Å². The van der Waals surface area contributed by atoms with Gasteiger partial charge in [0.2, 0.25) is 11.8 Å². The number of rotatable bonds is 12. The van der Waals surface area contributed by atoms with Crippen LogP contribution in [0.3, 0.4) is 0 Å². The van der Waals surface area contributed by atoms with Gasteiger partial charge in [-0.3, -0.25) is 4.79 Å². The fourth-order valence-corrected chi connectivity index (χ4v) is 5.64. The second-order valence-electron chi connectivity index (χ2n) is 11.8. The highest BCUT2D eigenvalue weighted by molar-refractivity contribution is 6.06. The van der Waals surface area contributed by atoms with Crippen LogP contribution in [-0.4, -0.2) is 54.6 Å². The summed E-state index contributed by atoms with van der Waals surface area (Å²) in [6.45, 7) is 8.45. The first-order valence-electron chi connectivity index (χ1n) is 15.7. The zero-order chi connectivity index (χ0) is 32.6. The number of ether oxygens (including phenoxy) is 3. The van der Waals surface area contributed by atoms with E-state index in [-0.39, 0.29) is 23.1 Å². The maximum atomic E-state index is 15.1. The van der Waals surface area contributed by atoms with Crippen molar-refractivity contribution in [3.8, 4) is 23.1 Å². The number of hydrogen-bond donors (Lipinski definition) is 2. The summed E-state index contributed by atoms with van der Waals surface area (Å²) in [6.07, 6.45) is 5.45. The first kappa shape index (κ1) is 32.7. The number of carbonyl (C=O) groups is 1. The van der Waals surface area contributed by atoms with E-state index in [9.17, 15) is 4.79 Å². The first-order chi connectivity index (χ1) is 22.2. The molecule has 1 fully saturated rings. The summed E-state index contributed by atoms with van der Waals surface area (Å²) in [4.78, 5) is 24.8. The third-order valence-corrected chi connectivity index (χ3v) is 8.08. The van der Waals surface area contributed by atoms with Crippen molar-refractivity contribution >= 4 is 23.2 Å². The smallest absolute Gasteiger partial charge is 0.262 e. The van der Waals surface area contributed by atoms with Crippen LogP contribution in [0.5, 0.6) is 23.1 Å². The quantitative estimate of drug-likeness (QED) is 0.165. The van der Waals surface area contributed by atoms with Gasteiger partial charge in [0.1, 0.15) is 5.56 Å². The Morgan fingerprint density at radius 1 is 1.07 bits per heavy atom. The molecule has 242 valence electrons. The average molecular weight is 628 g/mol. The van der Waals surface area contributed by atoms with Crippen molar-refractivity contribution in [2.75, 3.05) is 44.5 Å². The van der Waals surface area contributed by atoms with E-state index in [0.29, 0.717) is 35.4 Å². The summed E-state index contributed by atoms with van der Waals surface area (Å²) >= 11 is 0. The molecule has 2 heterocycles. The fraction of sp³-hybridized carbons (Fsp3) is 0.361. The van der Waals surface area contributed by atoms with E-state index >= 15 is 4.39 Å². The molecule has 5 rings (SSSR count). The number of likely N-dealkylation sites (tertiary alicyclic amines) is 1. The minimum atomic E-state index is -0.493. The molecule has 1 aromatic heterocycles. The van der Waals surface area contributed by atoms with E-state index in [4.69, 9.17) is 14.2 Å². The average Bonchev–Trinajstić information content (AvgIpc) is 3.03. The van der Waals surface area contributed by atoms with Gasteiger partial charge in [0.05, 0.1) is 13.7 Å². The molecule has 1 aliphatic rings.